The van der Waals surface area contributed by atoms with Gasteiger partial charge in [0.05, 0.1) is 22.8 Å². The van der Waals surface area contributed by atoms with Gasteiger partial charge in [-0.3, -0.25) is 9.69 Å². The third kappa shape index (κ3) is 6.90. The number of nitrogens with one attached hydrogen (secondary N) is 1. The molecule has 3 N–H and O–H groups in total. The molecule has 1 amide bonds. The zero-order valence-electron chi connectivity index (χ0n) is 21.2. The van der Waals surface area contributed by atoms with Crippen molar-refractivity contribution in [1.82, 2.24) is 15.2 Å². The Labute approximate surface area is 223 Å². The molecule has 2 aromatic rings. The van der Waals surface area contributed by atoms with E-state index < -0.39 is 17.3 Å². The molecule has 0 radical (unpaired) electrons. The summed E-state index contributed by atoms with van der Waals surface area (Å²) in [5.74, 6) is -0.236. The number of carbonyl (C=O) groups excluding carboxylic acids is 1. The van der Waals surface area contributed by atoms with E-state index in [-0.39, 0.29) is 36.1 Å². The van der Waals surface area contributed by atoms with Crippen LogP contribution in [0.25, 0.3) is 0 Å². The van der Waals surface area contributed by atoms with Gasteiger partial charge in [0.2, 0.25) is 5.91 Å². The summed E-state index contributed by atoms with van der Waals surface area (Å²) in [5, 5.41) is 27.5. The van der Waals surface area contributed by atoms with Crippen LogP contribution in [0.3, 0.4) is 0 Å². The van der Waals surface area contributed by atoms with Crippen LogP contribution in [0.4, 0.5) is 13.2 Å². The normalized spacial score (nSPS) is 25.0. The van der Waals surface area contributed by atoms with Crippen molar-refractivity contribution in [3.8, 4) is 0 Å². The molecule has 1 saturated carbocycles. The summed E-state index contributed by atoms with van der Waals surface area (Å²) in [6.45, 7) is 1.99. The topological polar surface area (TPSA) is 107 Å². The molecule has 1 unspecified atom stereocenters. The predicted molar refractivity (Wildman–Crippen MR) is 136 cm³/mol. The van der Waals surface area contributed by atoms with E-state index in [1.54, 1.807) is 13.3 Å². The van der Waals surface area contributed by atoms with Gasteiger partial charge in [-0.15, -0.1) is 11.3 Å². The molecule has 208 valence electrons. The molecule has 0 bridgehead atoms. The fourth-order valence-corrected chi connectivity index (χ4v) is 6.34. The van der Waals surface area contributed by atoms with Crippen LogP contribution in [0.15, 0.2) is 35.6 Å². The van der Waals surface area contributed by atoms with E-state index in [1.165, 1.54) is 23.5 Å². The minimum Gasteiger partial charge on any atom is -0.411 e. The number of hydrogen-bond acceptors (Lipinski definition) is 8. The van der Waals surface area contributed by atoms with Gasteiger partial charge in [-0.05, 0) is 49.8 Å². The highest BCUT2D eigenvalue weighted by Gasteiger charge is 2.39. The number of amides is 1. The molecule has 2 heterocycles. The standard InChI is InChI=1S/C26H33F3N4O4S/c1-37-16-24-30-14-22(38-24)25(35)10-7-20(8-11-25)33-12-9-19(15-33)31-23(34)6-5-21(32-36)17-3-2-4-18(13-17)26(27,28)29/h2-4,13-14,19-20,35-36H,5-12,15-16H2,1H3,(H,31,34)/b32-21+. The number of halogens is 3. The first-order valence-electron chi connectivity index (χ1n) is 12.7. The zero-order chi connectivity index (χ0) is 27.3. The monoisotopic (exact) mass is 554 g/mol. The van der Waals surface area contributed by atoms with Crippen molar-refractivity contribution < 1.29 is 33.0 Å². The maximum atomic E-state index is 13.0. The maximum absolute atomic E-state index is 13.0. The zero-order valence-corrected chi connectivity index (χ0v) is 22.0. The van der Waals surface area contributed by atoms with E-state index in [0.29, 0.717) is 32.0 Å². The van der Waals surface area contributed by atoms with Crippen molar-refractivity contribution in [3.63, 3.8) is 0 Å². The first kappa shape index (κ1) is 28.5. The number of thiazole rings is 1. The van der Waals surface area contributed by atoms with Gasteiger partial charge in [-0.25, -0.2) is 4.98 Å². The largest absolute Gasteiger partial charge is 0.416 e. The fourth-order valence-electron chi connectivity index (χ4n) is 5.30. The predicted octanol–water partition coefficient (Wildman–Crippen LogP) is 4.29. The Bertz CT molecular complexity index is 1130. The lowest BCUT2D eigenvalue weighted by molar-refractivity contribution is -0.137. The minimum absolute atomic E-state index is 0.00249. The third-order valence-corrected chi connectivity index (χ3v) is 8.56. The number of nitrogens with zero attached hydrogens (tertiary/aromatic N) is 3. The number of oxime groups is 1. The Kier molecular flexibility index (Phi) is 9.07. The number of alkyl halides is 3. The van der Waals surface area contributed by atoms with Crippen molar-refractivity contribution in [3.05, 3.63) is 51.5 Å². The van der Waals surface area contributed by atoms with Gasteiger partial charge in [0, 0.05) is 51.3 Å². The molecule has 1 saturated heterocycles. The Morgan fingerprint density at radius 3 is 2.74 bits per heavy atom. The van der Waals surface area contributed by atoms with Crippen molar-refractivity contribution in [2.24, 2.45) is 5.16 Å². The summed E-state index contributed by atoms with van der Waals surface area (Å²) in [5.41, 5.74) is -1.54. The molecule has 2 fully saturated rings. The smallest absolute Gasteiger partial charge is 0.411 e. The Morgan fingerprint density at radius 2 is 2.05 bits per heavy atom. The van der Waals surface area contributed by atoms with Crippen LogP contribution in [0.1, 0.15) is 66.0 Å². The second kappa shape index (κ2) is 12.1. The third-order valence-electron chi connectivity index (χ3n) is 7.40. The van der Waals surface area contributed by atoms with Crippen LogP contribution in [0.2, 0.25) is 0 Å². The molecule has 4 rings (SSSR count). The van der Waals surface area contributed by atoms with E-state index in [0.717, 1.165) is 47.8 Å². The number of carbonyl (C=O) groups is 1. The minimum atomic E-state index is -4.51. The van der Waals surface area contributed by atoms with Gasteiger partial charge in [-0.1, -0.05) is 17.3 Å². The van der Waals surface area contributed by atoms with Crippen molar-refractivity contribution in [1.29, 1.82) is 0 Å². The quantitative estimate of drug-likeness (QED) is 0.243. The number of aliphatic hydroxyl groups is 1. The lowest BCUT2D eigenvalue weighted by atomic mass is 9.81. The summed E-state index contributed by atoms with van der Waals surface area (Å²) in [7, 11) is 1.62. The average Bonchev–Trinajstić information content (AvgIpc) is 3.55. The summed E-state index contributed by atoms with van der Waals surface area (Å²) in [4.78, 5) is 20.1. The molecule has 1 aromatic carbocycles. The van der Waals surface area contributed by atoms with Crippen LogP contribution in [0, 0.1) is 0 Å². The number of ether oxygens (including phenoxy) is 1. The van der Waals surface area contributed by atoms with Crippen molar-refractivity contribution in [2.75, 3.05) is 20.2 Å². The first-order chi connectivity index (χ1) is 18.1. The molecule has 12 heteroatoms. The molecule has 1 aliphatic carbocycles. The molecular formula is C26H33F3N4O4S. The second-order valence-corrected chi connectivity index (χ2v) is 11.1. The second-order valence-electron chi connectivity index (χ2n) is 9.99. The fraction of sp³-hybridized carbons (Fsp3) is 0.577. The Hall–Kier alpha value is -2.54. The SMILES string of the molecule is COCc1ncc(C2(O)CCC(N3CCC(NC(=O)CC/C(=N\O)c4cccc(C(F)(F)F)c4)C3)CC2)s1. The summed E-state index contributed by atoms with van der Waals surface area (Å²) in [6.07, 6.45) is 1.07. The van der Waals surface area contributed by atoms with E-state index >= 15 is 0 Å². The highest BCUT2D eigenvalue weighted by molar-refractivity contribution is 7.11. The van der Waals surface area contributed by atoms with Gasteiger partial charge in [-0.2, -0.15) is 13.2 Å². The van der Waals surface area contributed by atoms with Crippen LogP contribution in [0.5, 0.6) is 0 Å². The highest BCUT2D eigenvalue weighted by atomic mass is 32.1. The molecule has 1 aliphatic heterocycles. The number of rotatable bonds is 9. The Balaban J connectivity index is 1.23. The van der Waals surface area contributed by atoms with E-state index in [2.05, 4.69) is 20.4 Å². The lowest BCUT2D eigenvalue weighted by Gasteiger charge is -2.39. The van der Waals surface area contributed by atoms with Gasteiger partial charge >= 0.3 is 6.18 Å². The van der Waals surface area contributed by atoms with E-state index in [4.69, 9.17) is 4.74 Å². The average molecular weight is 555 g/mol. The molecule has 0 spiro atoms. The number of benzene rings is 1. The Morgan fingerprint density at radius 1 is 1.29 bits per heavy atom. The summed E-state index contributed by atoms with van der Waals surface area (Å²) in [6, 6.07) is 4.85. The summed E-state index contributed by atoms with van der Waals surface area (Å²) < 4.78 is 44.1. The molecule has 1 aromatic heterocycles. The van der Waals surface area contributed by atoms with Gasteiger partial charge in [0.15, 0.2) is 0 Å². The van der Waals surface area contributed by atoms with Crippen molar-refractivity contribution >= 4 is 23.0 Å². The molecule has 38 heavy (non-hydrogen) atoms. The lowest BCUT2D eigenvalue weighted by Crippen LogP contribution is -2.43. The van der Waals surface area contributed by atoms with Crippen LogP contribution in [-0.2, 0) is 27.9 Å². The number of methoxy groups -OCH3 is 1. The maximum Gasteiger partial charge on any atom is 0.416 e. The number of aromatic nitrogens is 1. The highest BCUT2D eigenvalue weighted by Crippen LogP contribution is 2.41. The van der Waals surface area contributed by atoms with E-state index in [9.17, 15) is 28.3 Å². The van der Waals surface area contributed by atoms with Crippen LogP contribution < -0.4 is 5.32 Å². The van der Waals surface area contributed by atoms with E-state index in [1.807, 2.05) is 0 Å². The molecule has 1 atom stereocenters. The van der Waals surface area contributed by atoms with Gasteiger partial charge in [0.1, 0.15) is 10.6 Å². The molecular weight excluding hydrogens is 521 g/mol. The summed E-state index contributed by atoms with van der Waals surface area (Å²) >= 11 is 1.49. The van der Waals surface area contributed by atoms with Gasteiger partial charge in [0.25, 0.3) is 0 Å². The molecule has 2 aliphatic rings. The first-order valence-corrected chi connectivity index (χ1v) is 13.5. The van der Waals surface area contributed by atoms with Crippen LogP contribution in [-0.4, -0.2) is 64.1 Å². The van der Waals surface area contributed by atoms with Crippen LogP contribution >= 0.6 is 11.3 Å². The molecule has 8 nitrogen and oxygen atoms in total. The van der Waals surface area contributed by atoms with Gasteiger partial charge < -0.3 is 20.4 Å². The van der Waals surface area contributed by atoms with Crippen molar-refractivity contribution in [2.45, 2.75) is 75.4 Å². The number of likely N-dealkylation sites (tertiary alicyclic amines) is 1. The number of hydrogen-bond donors (Lipinski definition) is 3.